The molecular weight excluding hydrogens is 309 g/mol. The summed E-state index contributed by atoms with van der Waals surface area (Å²) >= 11 is 0. The molecule has 0 radical (unpaired) electrons. The lowest BCUT2D eigenvalue weighted by Crippen LogP contribution is -2.51. The number of amides is 1. The number of nitrogens with two attached hydrogens (primary N) is 1. The first kappa shape index (κ1) is 19.0. The van der Waals surface area contributed by atoms with E-state index in [1.807, 2.05) is 0 Å². The summed E-state index contributed by atoms with van der Waals surface area (Å²) in [6.07, 6.45) is 6.22. The van der Waals surface area contributed by atoms with Crippen LogP contribution in [-0.4, -0.2) is 55.0 Å². The first-order chi connectivity index (χ1) is 9.28. The number of piperazine rings is 1. The Balaban J connectivity index is 0.00000110. The van der Waals surface area contributed by atoms with Gasteiger partial charge >= 0.3 is 0 Å². The van der Waals surface area contributed by atoms with Gasteiger partial charge in [0.2, 0.25) is 5.91 Å². The first-order valence-corrected chi connectivity index (χ1v) is 7.99. The highest BCUT2D eigenvalue weighted by Crippen LogP contribution is 2.33. The Labute approximate surface area is 140 Å². The molecule has 2 saturated carbocycles. The third-order valence-electron chi connectivity index (χ3n) is 5.18. The van der Waals surface area contributed by atoms with Gasteiger partial charge in [0.1, 0.15) is 0 Å². The molecule has 2 N–H and O–H groups in total. The highest BCUT2D eigenvalue weighted by atomic mass is 35.5. The molecule has 3 aliphatic rings. The van der Waals surface area contributed by atoms with E-state index in [9.17, 15) is 4.79 Å². The zero-order valence-electron chi connectivity index (χ0n) is 12.7. The Bertz CT molecular complexity index is 331. The van der Waals surface area contributed by atoms with Crippen molar-refractivity contribution in [2.24, 2.45) is 23.5 Å². The molecule has 4 nitrogen and oxygen atoms in total. The topological polar surface area (TPSA) is 49.6 Å². The highest BCUT2D eigenvalue weighted by Gasteiger charge is 2.36. The molecular formula is C15H29Cl2N3O. The van der Waals surface area contributed by atoms with E-state index in [2.05, 4.69) is 9.80 Å². The summed E-state index contributed by atoms with van der Waals surface area (Å²) in [5, 5.41) is 0. The van der Waals surface area contributed by atoms with E-state index in [0.717, 1.165) is 44.9 Å². The van der Waals surface area contributed by atoms with E-state index in [-0.39, 0.29) is 30.7 Å². The van der Waals surface area contributed by atoms with E-state index in [4.69, 9.17) is 5.73 Å². The third kappa shape index (κ3) is 4.72. The molecule has 21 heavy (non-hydrogen) atoms. The molecule has 124 valence electrons. The minimum absolute atomic E-state index is 0. The summed E-state index contributed by atoms with van der Waals surface area (Å²) in [5.74, 6) is 2.01. The Morgan fingerprint density at radius 3 is 2.24 bits per heavy atom. The Morgan fingerprint density at radius 2 is 1.67 bits per heavy atom. The summed E-state index contributed by atoms with van der Waals surface area (Å²) in [6.45, 7) is 5.94. The molecule has 1 aliphatic heterocycles. The summed E-state index contributed by atoms with van der Waals surface area (Å²) in [4.78, 5) is 17.2. The number of hydrogen-bond donors (Lipinski definition) is 1. The monoisotopic (exact) mass is 337 g/mol. The van der Waals surface area contributed by atoms with Crippen LogP contribution in [0.1, 0.15) is 32.1 Å². The Morgan fingerprint density at radius 1 is 1.00 bits per heavy atom. The van der Waals surface area contributed by atoms with E-state index >= 15 is 0 Å². The fourth-order valence-corrected chi connectivity index (χ4v) is 3.69. The summed E-state index contributed by atoms with van der Waals surface area (Å²) in [6, 6.07) is 0. The van der Waals surface area contributed by atoms with E-state index in [0.29, 0.717) is 18.4 Å². The molecule has 0 spiro atoms. The van der Waals surface area contributed by atoms with Crippen molar-refractivity contribution in [1.82, 2.24) is 9.80 Å². The second kappa shape index (κ2) is 8.56. The SMILES string of the molecule is Cl.Cl.NC[C@H]1CCC[C@H]1C(=O)N1CCN(CC2CC2)CC1. The second-order valence-corrected chi connectivity index (χ2v) is 6.60. The lowest BCUT2D eigenvalue weighted by atomic mass is 9.94. The van der Waals surface area contributed by atoms with Crippen LogP contribution in [0.25, 0.3) is 0 Å². The van der Waals surface area contributed by atoms with Crippen molar-refractivity contribution in [2.75, 3.05) is 39.3 Å². The van der Waals surface area contributed by atoms with Crippen LogP contribution in [0.5, 0.6) is 0 Å². The van der Waals surface area contributed by atoms with Gasteiger partial charge in [-0.1, -0.05) is 6.42 Å². The van der Waals surface area contributed by atoms with Crippen LogP contribution in [-0.2, 0) is 4.79 Å². The minimum atomic E-state index is 0. The lowest BCUT2D eigenvalue weighted by molar-refractivity contribution is -0.138. The summed E-state index contributed by atoms with van der Waals surface area (Å²) in [7, 11) is 0. The first-order valence-electron chi connectivity index (χ1n) is 7.99. The molecule has 3 fully saturated rings. The molecule has 2 aliphatic carbocycles. The maximum absolute atomic E-state index is 12.6. The number of carbonyl (C=O) groups is 1. The van der Waals surface area contributed by atoms with Crippen molar-refractivity contribution in [3.8, 4) is 0 Å². The van der Waals surface area contributed by atoms with Crippen molar-refractivity contribution >= 4 is 30.7 Å². The van der Waals surface area contributed by atoms with Gasteiger partial charge in [-0.2, -0.15) is 0 Å². The van der Waals surface area contributed by atoms with Gasteiger partial charge in [0.25, 0.3) is 0 Å². The third-order valence-corrected chi connectivity index (χ3v) is 5.18. The lowest BCUT2D eigenvalue weighted by Gasteiger charge is -2.36. The minimum Gasteiger partial charge on any atom is -0.340 e. The van der Waals surface area contributed by atoms with Gasteiger partial charge < -0.3 is 10.6 Å². The maximum atomic E-state index is 12.6. The van der Waals surface area contributed by atoms with Crippen LogP contribution in [0.3, 0.4) is 0 Å². The average Bonchev–Trinajstić information content (AvgIpc) is 3.12. The number of carbonyl (C=O) groups excluding carboxylic acids is 1. The van der Waals surface area contributed by atoms with Gasteiger partial charge in [-0.05, 0) is 44.1 Å². The number of rotatable bonds is 4. The quantitative estimate of drug-likeness (QED) is 0.850. The van der Waals surface area contributed by atoms with Crippen LogP contribution < -0.4 is 5.73 Å². The molecule has 1 saturated heterocycles. The van der Waals surface area contributed by atoms with Crippen LogP contribution in [0.2, 0.25) is 0 Å². The highest BCUT2D eigenvalue weighted by molar-refractivity contribution is 5.85. The number of halogens is 2. The molecule has 0 aromatic rings. The molecule has 1 amide bonds. The fourth-order valence-electron chi connectivity index (χ4n) is 3.69. The average molecular weight is 338 g/mol. The second-order valence-electron chi connectivity index (χ2n) is 6.60. The largest absolute Gasteiger partial charge is 0.340 e. The normalized spacial score (nSPS) is 29.7. The molecule has 0 unspecified atom stereocenters. The van der Waals surface area contributed by atoms with Crippen molar-refractivity contribution in [3.05, 3.63) is 0 Å². The fraction of sp³-hybridized carbons (Fsp3) is 0.933. The Hall–Kier alpha value is -0.0300. The zero-order valence-corrected chi connectivity index (χ0v) is 14.3. The van der Waals surface area contributed by atoms with Gasteiger partial charge in [0, 0.05) is 38.6 Å². The standard InChI is InChI=1S/C15H27N3O.2ClH/c16-10-13-2-1-3-14(13)15(19)18-8-6-17(7-9-18)11-12-4-5-12;;/h12-14H,1-11,16H2;2*1H/t13-,14-;;/m1../s1. The maximum Gasteiger partial charge on any atom is 0.226 e. The van der Waals surface area contributed by atoms with Gasteiger partial charge in [-0.25, -0.2) is 0 Å². The van der Waals surface area contributed by atoms with Crippen molar-refractivity contribution < 1.29 is 4.79 Å². The van der Waals surface area contributed by atoms with Crippen molar-refractivity contribution in [2.45, 2.75) is 32.1 Å². The van der Waals surface area contributed by atoms with Crippen LogP contribution in [0, 0.1) is 17.8 Å². The van der Waals surface area contributed by atoms with Gasteiger partial charge in [-0.15, -0.1) is 24.8 Å². The molecule has 2 atom stereocenters. The molecule has 0 aromatic carbocycles. The molecule has 3 rings (SSSR count). The molecule has 1 heterocycles. The smallest absolute Gasteiger partial charge is 0.226 e. The number of hydrogen-bond acceptors (Lipinski definition) is 3. The van der Waals surface area contributed by atoms with Gasteiger partial charge in [0.05, 0.1) is 0 Å². The zero-order chi connectivity index (χ0) is 13.2. The van der Waals surface area contributed by atoms with E-state index in [1.54, 1.807) is 0 Å². The van der Waals surface area contributed by atoms with Crippen molar-refractivity contribution in [3.63, 3.8) is 0 Å². The molecule has 6 heteroatoms. The van der Waals surface area contributed by atoms with Gasteiger partial charge in [0.15, 0.2) is 0 Å². The predicted molar refractivity (Wildman–Crippen MR) is 90.1 cm³/mol. The van der Waals surface area contributed by atoms with Crippen molar-refractivity contribution in [1.29, 1.82) is 0 Å². The number of nitrogens with zero attached hydrogens (tertiary/aromatic N) is 2. The predicted octanol–water partition coefficient (Wildman–Crippen LogP) is 1.76. The van der Waals surface area contributed by atoms with E-state index in [1.165, 1.54) is 25.8 Å². The van der Waals surface area contributed by atoms with E-state index < -0.39 is 0 Å². The Kier molecular flexibility index (Phi) is 7.75. The van der Waals surface area contributed by atoms with Crippen LogP contribution in [0.15, 0.2) is 0 Å². The molecule has 0 bridgehead atoms. The molecule has 0 aromatic heterocycles. The van der Waals surface area contributed by atoms with Crippen LogP contribution >= 0.6 is 24.8 Å². The summed E-state index contributed by atoms with van der Waals surface area (Å²) in [5.41, 5.74) is 5.80. The summed E-state index contributed by atoms with van der Waals surface area (Å²) < 4.78 is 0. The van der Waals surface area contributed by atoms with Gasteiger partial charge in [-0.3, -0.25) is 9.69 Å². The van der Waals surface area contributed by atoms with Crippen LogP contribution in [0.4, 0.5) is 0 Å².